The Kier molecular flexibility index (Phi) is 6.78. The topological polar surface area (TPSA) is 66.5 Å². The third kappa shape index (κ3) is 5.17. The summed E-state index contributed by atoms with van der Waals surface area (Å²) in [5.41, 5.74) is 3.95. The van der Waals surface area contributed by atoms with Gasteiger partial charge in [0.1, 0.15) is 6.04 Å². The molecule has 6 heteroatoms. The maximum atomic E-state index is 13.1. The van der Waals surface area contributed by atoms with E-state index in [1.165, 1.54) is 7.05 Å². The zero-order chi connectivity index (χ0) is 20.2. The van der Waals surface area contributed by atoms with Crippen LogP contribution in [0.2, 0.25) is 0 Å². The van der Waals surface area contributed by atoms with Gasteiger partial charge in [0.25, 0.3) is 0 Å². The number of hydrogen-bond acceptors (Lipinski definition) is 3. The molecule has 2 rings (SSSR count). The molecule has 0 aliphatic carbocycles. The number of likely N-dealkylation sites (N-methyl/N-ethyl adjacent to an activating group) is 1. The molecule has 0 aliphatic heterocycles. The molecule has 2 aromatic carbocycles. The molecule has 2 unspecified atom stereocenters. The van der Waals surface area contributed by atoms with Gasteiger partial charge in [-0.05, 0) is 37.0 Å². The zero-order valence-corrected chi connectivity index (χ0v) is 17.4. The van der Waals surface area contributed by atoms with Crippen molar-refractivity contribution in [1.82, 2.24) is 9.62 Å². The molecule has 0 aliphatic rings. The lowest BCUT2D eigenvalue weighted by Gasteiger charge is -2.28. The van der Waals surface area contributed by atoms with Crippen molar-refractivity contribution in [2.45, 2.75) is 39.3 Å². The van der Waals surface area contributed by atoms with E-state index in [1.807, 2.05) is 39.0 Å². The summed E-state index contributed by atoms with van der Waals surface area (Å²) in [6.45, 7) is 6.05. The van der Waals surface area contributed by atoms with Crippen LogP contribution in [0.4, 0.5) is 0 Å². The van der Waals surface area contributed by atoms with Gasteiger partial charge in [-0.3, -0.25) is 4.79 Å². The Balaban J connectivity index is 2.37. The van der Waals surface area contributed by atoms with E-state index in [9.17, 15) is 13.2 Å². The summed E-state index contributed by atoms with van der Waals surface area (Å²) in [4.78, 5) is 13.1. The first kappa shape index (κ1) is 21.1. The van der Waals surface area contributed by atoms with Gasteiger partial charge in [-0.1, -0.05) is 61.0 Å². The first-order chi connectivity index (χ1) is 12.6. The first-order valence-corrected chi connectivity index (χ1v) is 10.9. The van der Waals surface area contributed by atoms with Gasteiger partial charge in [0.05, 0.1) is 12.3 Å². The van der Waals surface area contributed by atoms with Gasteiger partial charge in [0.15, 0.2) is 0 Å². The third-order valence-corrected chi connectivity index (χ3v) is 6.03. The predicted molar refractivity (Wildman–Crippen MR) is 109 cm³/mol. The molecule has 2 atom stereocenters. The maximum Gasteiger partial charge on any atom is 0.243 e. The third-order valence-electron chi connectivity index (χ3n) is 4.78. The lowest BCUT2D eigenvalue weighted by Crippen LogP contribution is -2.42. The van der Waals surface area contributed by atoms with Crippen molar-refractivity contribution in [3.05, 3.63) is 70.8 Å². The van der Waals surface area contributed by atoms with E-state index in [-0.39, 0.29) is 11.9 Å². The molecular formula is C21H28N2O3S. The van der Waals surface area contributed by atoms with Gasteiger partial charge < -0.3 is 5.32 Å². The highest BCUT2D eigenvalue weighted by atomic mass is 32.2. The first-order valence-electron chi connectivity index (χ1n) is 9.00. The lowest BCUT2D eigenvalue weighted by atomic mass is 9.96. The van der Waals surface area contributed by atoms with E-state index >= 15 is 0 Å². The van der Waals surface area contributed by atoms with Crippen LogP contribution in [0, 0.1) is 13.8 Å². The van der Waals surface area contributed by atoms with Crippen LogP contribution >= 0.6 is 0 Å². The zero-order valence-electron chi connectivity index (χ0n) is 16.6. The van der Waals surface area contributed by atoms with Crippen LogP contribution in [-0.2, 0) is 14.8 Å². The SMILES string of the molecule is CCC(NC(=O)C(c1ccccc1)N(C)S(C)(=O)=O)c1ccc(C)cc1C. The molecule has 0 saturated heterocycles. The monoisotopic (exact) mass is 388 g/mol. The van der Waals surface area contributed by atoms with Crippen LogP contribution in [0.1, 0.15) is 47.7 Å². The molecule has 0 fully saturated rings. The van der Waals surface area contributed by atoms with Crippen molar-refractivity contribution in [3.8, 4) is 0 Å². The Morgan fingerprint density at radius 2 is 1.74 bits per heavy atom. The molecule has 0 aromatic heterocycles. The van der Waals surface area contributed by atoms with Crippen molar-refractivity contribution >= 4 is 15.9 Å². The van der Waals surface area contributed by atoms with E-state index in [0.717, 1.165) is 27.3 Å². The summed E-state index contributed by atoms with van der Waals surface area (Å²) >= 11 is 0. The normalized spacial score (nSPS) is 14.0. The molecule has 27 heavy (non-hydrogen) atoms. The Morgan fingerprint density at radius 3 is 2.26 bits per heavy atom. The Labute approximate surface area is 162 Å². The van der Waals surface area contributed by atoms with Crippen LogP contribution in [0.25, 0.3) is 0 Å². The number of amides is 1. The van der Waals surface area contributed by atoms with Crippen LogP contribution in [0.5, 0.6) is 0 Å². The summed E-state index contributed by atoms with van der Waals surface area (Å²) in [6, 6.07) is 14.0. The minimum absolute atomic E-state index is 0.183. The molecular weight excluding hydrogens is 360 g/mol. The van der Waals surface area contributed by atoms with Crippen molar-refractivity contribution in [3.63, 3.8) is 0 Å². The molecule has 2 aromatic rings. The van der Waals surface area contributed by atoms with Crippen LogP contribution in [0.15, 0.2) is 48.5 Å². The van der Waals surface area contributed by atoms with Crippen molar-refractivity contribution in [2.75, 3.05) is 13.3 Å². The molecule has 1 amide bonds. The van der Waals surface area contributed by atoms with Crippen LogP contribution in [0.3, 0.4) is 0 Å². The van der Waals surface area contributed by atoms with Gasteiger partial charge in [-0.2, -0.15) is 4.31 Å². The second-order valence-corrected chi connectivity index (χ2v) is 8.96. The van der Waals surface area contributed by atoms with Gasteiger partial charge in [-0.25, -0.2) is 8.42 Å². The molecule has 0 heterocycles. The van der Waals surface area contributed by atoms with Crippen molar-refractivity contribution in [1.29, 1.82) is 0 Å². The fourth-order valence-corrected chi connectivity index (χ4v) is 3.82. The molecule has 0 saturated carbocycles. The minimum Gasteiger partial charge on any atom is -0.348 e. The molecule has 0 radical (unpaired) electrons. The minimum atomic E-state index is -3.54. The highest BCUT2D eigenvalue weighted by molar-refractivity contribution is 7.88. The molecule has 0 spiro atoms. The maximum absolute atomic E-state index is 13.1. The number of carbonyl (C=O) groups excluding carboxylic acids is 1. The van der Waals surface area contributed by atoms with E-state index in [0.29, 0.717) is 12.0 Å². The van der Waals surface area contributed by atoms with Gasteiger partial charge in [-0.15, -0.1) is 0 Å². The molecule has 146 valence electrons. The second kappa shape index (κ2) is 8.67. The number of aryl methyl sites for hydroxylation is 2. The summed E-state index contributed by atoms with van der Waals surface area (Å²) in [5, 5.41) is 3.05. The number of carbonyl (C=O) groups is 1. The lowest BCUT2D eigenvalue weighted by molar-refractivity contribution is -0.125. The molecule has 1 N–H and O–H groups in total. The number of rotatable bonds is 7. The van der Waals surface area contributed by atoms with Crippen molar-refractivity contribution in [2.24, 2.45) is 0 Å². The van der Waals surface area contributed by atoms with Gasteiger partial charge >= 0.3 is 0 Å². The number of benzene rings is 2. The second-order valence-electron chi connectivity index (χ2n) is 6.92. The number of nitrogens with zero attached hydrogens (tertiary/aromatic N) is 1. The number of nitrogens with one attached hydrogen (secondary N) is 1. The summed E-state index contributed by atoms with van der Waals surface area (Å²) in [7, 11) is -2.11. The van der Waals surface area contributed by atoms with E-state index in [1.54, 1.807) is 24.3 Å². The Hall–Kier alpha value is -2.18. The highest BCUT2D eigenvalue weighted by Gasteiger charge is 2.32. The summed E-state index contributed by atoms with van der Waals surface area (Å²) in [6.07, 6.45) is 1.82. The van der Waals surface area contributed by atoms with E-state index in [4.69, 9.17) is 0 Å². The largest absolute Gasteiger partial charge is 0.348 e. The smallest absolute Gasteiger partial charge is 0.243 e. The predicted octanol–water partition coefficient (Wildman–Crippen LogP) is 3.50. The number of sulfonamides is 1. The average molecular weight is 389 g/mol. The number of hydrogen-bond donors (Lipinski definition) is 1. The van der Waals surface area contributed by atoms with Crippen LogP contribution in [-0.4, -0.2) is 31.9 Å². The fraction of sp³-hybridized carbons (Fsp3) is 0.381. The van der Waals surface area contributed by atoms with Crippen molar-refractivity contribution < 1.29 is 13.2 Å². The Morgan fingerprint density at radius 1 is 1.11 bits per heavy atom. The fourth-order valence-electron chi connectivity index (χ4n) is 3.22. The van der Waals surface area contributed by atoms with E-state index < -0.39 is 16.1 Å². The molecule has 0 bridgehead atoms. The summed E-state index contributed by atoms with van der Waals surface area (Å²) in [5.74, 6) is -0.332. The summed E-state index contributed by atoms with van der Waals surface area (Å²) < 4.78 is 25.3. The van der Waals surface area contributed by atoms with Gasteiger partial charge in [0.2, 0.25) is 15.9 Å². The highest BCUT2D eigenvalue weighted by Crippen LogP contribution is 2.26. The Bertz CT molecular complexity index is 895. The van der Waals surface area contributed by atoms with Gasteiger partial charge in [0, 0.05) is 7.05 Å². The van der Waals surface area contributed by atoms with Crippen LogP contribution < -0.4 is 5.32 Å². The average Bonchev–Trinajstić information content (AvgIpc) is 2.60. The standard InChI is InChI=1S/C21H28N2O3S/c1-6-19(18-13-12-15(2)14-16(18)3)22-21(24)20(23(4)27(5,25)26)17-10-8-7-9-11-17/h7-14,19-20H,6H2,1-5H3,(H,22,24). The quantitative estimate of drug-likeness (QED) is 0.789. The van der Waals surface area contributed by atoms with E-state index in [2.05, 4.69) is 11.4 Å². The molecule has 5 nitrogen and oxygen atoms in total.